The first kappa shape index (κ1) is 27.4. The van der Waals surface area contributed by atoms with Crippen molar-refractivity contribution in [3.8, 4) is 0 Å². The first-order valence-electron chi connectivity index (χ1n) is 10.3. The number of benzene rings is 2. The Morgan fingerprint density at radius 3 is 1.33 bits per heavy atom. The van der Waals surface area contributed by atoms with Crippen LogP contribution in [0.25, 0.3) is 0 Å². The van der Waals surface area contributed by atoms with E-state index in [1.807, 2.05) is 20.8 Å². The summed E-state index contributed by atoms with van der Waals surface area (Å²) in [7, 11) is 0. The molecule has 0 saturated heterocycles. The number of hydrogen-bond acceptors (Lipinski definition) is 0. The van der Waals surface area contributed by atoms with Gasteiger partial charge in [0.25, 0.3) is 0 Å². The zero-order chi connectivity index (χ0) is 21.6. The highest BCUT2D eigenvalue weighted by atomic mass is 14.0. The summed E-state index contributed by atoms with van der Waals surface area (Å²) in [6.45, 7) is 25.3. The highest BCUT2D eigenvalue weighted by Gasteiger charge is 1.96. The lowest BCUT2D eigenvalue weighted by molar-refractivity contribution is 1.12. The van der Waals surface area contributed by atoms with E-state index in [1.54, 1.807) is 0 Å². The summed E-state index contributed by atoms with van der Waals surface area (Å²) in [5.74, 6) is 0. The smallest absolute Gasteiger partial charge is 0.0307 e. The second kappa shape index (κ2) is 15.3. The summed E-state index contributed by atoms with van der Waals surface area (Å²) >= 11 is 0. The first-order valence-corrected chi connectivity index (χ1v) is 10.3. The predicted octanol–water partition coefficient (Wildman–Crippen LogP) is 8.78. The number of rotatable bonds is 1. The molecule has 0 unspecified atom stereocenters. The molecule has 0 aliphatic carbocycles. The molecule has 2 aromatic rings. The minimum atomic E-state index is 1.14. The molecular weight excluding hydrogens is 324 g/mol. The summed E-state index contributed by atoms with van der Waals surface area (Å²) in [5.41, 5.74) is 11.2. The van der Waals surface area contributed by atoms with Gasteiger partial charge in [-0.25, -0.2) is 0 Å². The predicted molar refractivity (Wildman–Crippen MR) is 127 cm³/mol. The molecule has 2 aromatic carbocycles. The quantitative estimate of drug-likeness (QED) is 0.441. The summed E-state index contributed by atoms with van der Waals surface area (Å²) in [6.07, 6.45) is 3.22. The van der Waals surface area contributed by atoms with Gasteiger partial charge in [0, 0.05) is 0 Å². The molecule has 0 spiro atoms. The molecule has 0 saturated carbocycles. The Labute approximate surface area is 170 Å². The van der Waals surface area contributed by atoms with Gasteiger partial charge in [0.05, 0.1) is 0 Å². The third-order valence-electron chi connectivity index (χ3n) is 4.34. The van der Waals surface area contributed by atoms with E-state index in [9.17, 15) is 0 Å². The molecule has 0 bridgehead atoms. The van der Waals surface area contributed by atoms with Crippen molar-refractivity contribution in [3.63, 3.8) is 0 Å². The van der Waals surface area contributed by atoms with Crippen LogP contribution in [0.4, 0.5) is 0 Å². The van der Waals surface area contributed by atoms with Crippen molar-refractivity contribution in [1.29, 1.82) is 0 Å². The number of hydrogen-bond donors (Lipinski definition) is 0. The molecule has 152 valence electrons. The zero-order valence-corrected chi connectivity index (χ0v) is 20.2. The van der Waals surface area contributed by atoms with Crippen molar-refractivity contribution in [3.05, 3.63) is 80.9 Å². The standard InChI is InChI=1S/2C10H14.C5H10.C2H6/c1-7-5-8(2)10(4)9(3)6-7;1-4-10-6-8(2)5-9(3)7-10;1-4-5(2)3;1-2/h5-6H,1-4H3;5-7H,4H2,1-3H3;4H,1-3H3;1-2H3. The summed E-state index contributed by atoms with van der Waals surface area (Å²) in [5, 5.41) is 0. The van der Waals surface area contributed by atoms with Gasteiger partial charge in [-0.05, 0) is 91.0 Å². The monoisotopic (exact) mass is 368 g/mol. The van der Waals surface area contributed by atoms with Crippen LogP contribution in [-0.2, 0) is 6.42 Å². The fourth-order valence-corrected chi connectivity index (χ4v) is 2.53. The third kappa shape index (κ3) is 13.1. The van der Waals surface area contributed by atoms with Gasteiger partial charge in [-0.1, -0.05) is 79.4 Å². The van der Waals surface area contributed by atoms with Crippen LogP contribution >= 0.6 is 0 Å². The minimum Gasteiger partial charge on any atom is -0.0890 e. The Balaban J connectivity index is 0. The number of allylic oxidation sites excluding steroid dienone is 2. The van der Waals surface area contributed by atoms with Crippen molar-refractivity contribution in [2.75, 3.05) is 0 Å². The molecule has 0 nitrogen and oxygen atoms in total. The van der Waals surface area contributed by atoms with Gasteiger partial charge >= 0.3 is 0 Å². The van der Waals surface area contributed by atoms with Crippen molar-refractivity contribution in [2.45, 2.75) is 89.5 Å². The Morgan fingerprint density at radius 2 is 1.04 bits per heavy atom. The largest absolute Gasteiger partial charge is 0.0890 e. The van der Waals surface area contributed by atoms with Crippen LogP contribution in [0.5, 0.6) is 0 Å². The average Bonchev–Trinajstić information content (AvgIpc) is 2.61. The Morgan fingerprint density at radius 1 is 0.704 bits per heavy atom. The highest BCUT2D eigenvalue weighted by Crippen LogP contribution is 2.14. The minimum absolute atomic E-state index is 1.14. The Bertz CT molecular complexity index is 640. The SMILES string of the molecule is CC.CC=C(C)C.CCc1cc(C)cc(C)c1.Cc1cc(C)c(C)c(C)c1. The summed E-state index contributed by atoms with van der Waals surface area (Å²) < 4.78 is 0. The molecule has 0 N–H and O–H groups in total. The van der Waals surface area contributed by atoms with Gasteiger partial charge in [0.1, 0.15) is 0 Å². The molecular formula is C27H44. The van der Waals surface area contributed by atoms with Crippen LogP contribution in [0.1, 0.15) is 80.5 Å². The van der Waals surface area contributed by atoms with E-state index in [-0.39, 0.29) is 0 Å². The fourth-order valence-electron chi connectivity index (χ4n) is 2.53. The average molecular weight is 369 g/mol. The van der Waals surface area contributed by atoms with Crippen LogP contribution in [0.2, 0.25) is 0 Å². The van der Waals surface area contributed by atoms with Gasteiger partial charge in [0.15, 0.2) is 0 Å². The normalized spacial score (nSPS) is 8.89. The van der Waals surface area contributed by atoms with Crippen LogP contribution in [0.3, 0.4) is 0 Å². The topological polar surface area (TPSA) is 0 Å². The lowest BCUT2D eigenvalue weighted by Gasteiger charge is -2.04. The van der Waals surface area contributed by atoms with Crippen LogP contribution in [0.15, 0.2) is 42.0 Å². The molecule has 0 heterocycles. The molecule has 2 rings (SSSR count). The van der Waals surface area contributed by atoms with Crippen molar-refractivity contribution >= 4 is 0 Å². The maximum atomic E-state index is 2.24. The van der Waals surface area contributed by atoms with E-state index in [2.05, 4.69) is 98.7 Å². The number of aryl methyl sites for hydroxylation is 6. The Hall–Kier alpha value is -1.82. The third-order valence-corrected chi connectivity index (χ3v) is 4.34. The first-order chi connectivity index (χ1) is 12.6. The molecule has 0 fully saturated rings. The Kier molecular flexibility index (Phi) is 15.5. The van der Waals surface area contributed by atoms with E-state index in [1.165, 1.54) is 44.5 Å². The lowest BCUT2D eigenvalue weighted by atomic mass is 10.0. The molecule has 0 aliphatic rings. The van der Waals surface area contributed by atoms with Crippen LogP contribution < -0.4 is 0 Å². The van der Waals surface area contributed by atoms with Crippen molar-refractivity contribution < 1.29 is 0 Å². The van der Waals surface area contributed by atoms with E-state index in [4.69, 9.17) is 0 Å². The van der Waals surface area contributed by atoms with Crippen LogP contribution in [-0.4, -0.2) is 0 Å². The van der Waals surface area contributed by atoms with Gasteiger partial charge < -0.3 is 0 Å². The molecule has 27 heavy (non-hydrogen) atoms. The van der Waals surface area contributed by atoms with Gasteiger partial charge in [-0.15, -0.1) is 0 Å². The molecule has 0 aliphatic heterocycles. The summed E-state index contributed by atoms with van der Waals surface area (Å²) in [4.78, 5) is 0. The maximum Gasteiger partial charge on any atom is -0.0307 e. The zero-order valence-electron chi connectivity index (χ0n) is 20.2. The van der Waals surface area contributed by atoms with Gasteiger partial charge in [0.2, 0.25) is 0 Å². The second-order valence-corrected chi connectivity index (χ2v) is 7.24. The van der Waals surface area contributed by atoms with E-state index in [0.717, 1.165) is 6.42 Å². The maximum absolute atomic E-state index is 2.24. The van der Waals surface area contributed by atoms with E-state index in [0.29, 0.717) is 0 Å². The molecule has 0 aromatic heterocycles. The lowest BCUT2D eigenvalue weighted by Crippen LogP contribution is -1.86. The van der Waals surface area contributed by atoms with Crippen molar-refractivity contribution in [1.82, 2.24) is 0 Å². The molecule has 0 amide bonds. The van der Waals surface area contributed by atoms with Gasteiger partial charge in [-0.2, -0.15) is 0 Å². The fraction of sp³-hybridized carbons (Fsp3) is 0.481. The second-order valence-electron chi connectivity index (χ2n) is 7.24. The highest BCUT2D eigenvalue weighted by molar-refractivity contribution is 5.36. The molecule has 0 atom stereocenters. The van der Waals surface area contributed by atoms with E-state index < -0.39 is 0 Å². The van der Waals surface area contributed by atoms with E-state index >= 15 is 0 Å². The van der Waals surface area contributed by atoms with Crippen molar-refractivity contribution in [2.24, 2.45) is 0 Å². The molecule has 0 radical (unpaired) electrons. The molecule has 0 heteroatoms. The van der Waals surface area contributed by atoms with Crippen LogP contribution in [0, 0.1) is 41.5 Å². The summed E-state index contributed by atoms with van der Waals surface area (Å²) in [6, 6.07) is 11.1. The van der Waals surface area contributed by atoms with Gasteiger partial charge in [-0.3, -0.25) is 0 Å².